The minimum Gasteiger partial charge on any atom is -0.506 e. The van der Waals surface area contributed by atoms with Crippen molar-refractivity contribution in [2.75, 3.05) is 6.54 Å². The van der Waals surface area contributed by atoms with Gasteiger partial charge in [0.25, 0.3) is 5.91 Å². The second-order valence-electron chi connectivity index (χ2n) is 7.86. The second-order valence-corrected chi connectivity index (χ2v) is 7.86. The smallest absolute Gasteiger partial charge is 0.416 e. The summed E-state index contributed by atoms with van der Waals surface area (Å²) in [5.41, 5.74) is -1.39. The summed E-state index contributed by atoms with van der Waals surface area (Å²) in [6.45, 7) is -0.193. The number of hydrogen-bond acceptors (Lipinski definition) is 3. The minimum absolute atomic E-state index is 0.0475. The van der Waals surface area contributed by atoms with Gasteiger partial charge in [0.1, 0.15) is 17.6 Å². The molecule has 0 radical (unpaired) electrons. The Morgan fingerprint density at radius 2 is 1.85 bits per heavy atom. The highest BCUT2D eigenvalue weighted by atomic mass is 19.4. The minimum atomic E-state index is -4.77. The molecule has 0 aromatic heterocycles. The van der Waals surface area contributed by atoms with E-state index in [9.17, 15) is 32.3 Å². The van der Waals surface area contributed by atoms with E-state index >= 15 is 0 Å². The summed E-state index contributed by atoms with van der Waals surface area (Å²) in [5.74, 6) is -2.36. The van der Waals surface area contributed by atoms with Gasteiger partial charge in [-0.1, -0.05) is 36.4 Å². The number of carbonyl (C=O) groups excluding carboxylic acids is 2. The summed E-state index contributed by atoms with van der Waals surface area (Å²) in [6, 6.07) is 11.5. The van der Waals surface area contributed by atoms with E-state index in [0.29, 0.717) is 24.3 Å². The Morgan fingerprint density at radius 3 is 2.61 bits per heavy atom. The lowest BCUT2D eigenvalue weighted by Crippen LogP contribution is -2.45. The number of alkyl halides is 3. The number of nitrogens with zero attached hydrogens (tertiary/aromatic N) is 1. The van der Waals surface area contributed by atoms with E-state index in [2.05, 4.69) is 5.32 Å². The first-order chi connectivity index (χ1) is 15.7. The number of halogens is 4. The zero-order chi connectivity index (χ0) is 23.8. The summed E-state index contributed by atoms with van der Waals surface area (Å²) in [4.78, 5) is 27.2. The van der Waals surface area contributed by atoms with Gasteiger partial charge in [0.15, 0.2) is 0 Å². The fraction of sp³-hybridized carbons (Fsp3) is 0.250. The standard InChI is InChI=1S/C24H20F4N2O3/c25-16-9-7-15(19(12-16)24(26,27)28)13-29-22(32)20-6-3-11-30(20)23(33)18-10-8-14-4-1-2-5-17(14)21(18)31/h1-2,4-5,7-10,12,20,31H,3,6,11,13H2,(H,29,32). The molecule has 33 heavy (non-hydrogen) atoms. The maximum atomic E-state index is 13.3. The molecule has 1 heterocycles. The monoisotopic (exact) mass is 460 g/mol. The molecular formula is C24H20F4N2O3. The maximum absolute atomic E-state index is 13.3. The van der Waals surface area contributed by atoms with E-state index < -0.39 is 42.0 Å². The number of phenols is 1. The number of fused-ring (bicyclic) bond motifs is 1. The summed E-state index contributed by atoms with van der Waals surface area (Å²) >= 11 is 0. The van der Waals surface area contributed by atoms with Crippen LogP contribution in [0.2, 0.25) is 0 Å². The quantitative estimate of drug-likeness (QED) is 0.558. The van der Waals surface area contributed by atoms with Crippen molar-refractivity contribution in [1.29, 1.82) is 0 Å². The van der Waals surface area contributed by atoms with E-state index in [4.69, 9.17) is 0 Å². The predicted octanol–water partition coefficient (Wildman–Crippen LogP) is 4.62. The van der Waals surface area contributed by atoms with E-state index in [-0.39, 0.29) is 23.4 Å². The molecule has 1 aliphatic rings. The molecule has 1 saturated heterocycles. The molecule has 0 bridgehead atoms. The number of benzene rings is 3. The van der Waals surface area contributed by atoms with Crippen molar-refractivity contribution in [1.82, 2.24) is 10.2 Å². The topological polar surface area (TPSA) is 69.6 Å². The van der Waals surface area contributed by atoms with E-state index in [1.54, 1.807) is 30.3 Å². The molecule has 172 valence electrons. The third-order valence-electron chi connectivity index (χ3n) is 5.78. The zero-order valence-electron chi connectivity index (χ0n) is 17.3. The Bertz CT molecular complexity index is 1230. The van der Waals surface area contributed by atoms with Gasteiger partial charge >= 0.3 is 6.18 Å². The first-order valence-electron chi connectivity index (χ1n) is 10.3. The molecule has 1 fully saturated rings. The highest BCUT2D eigenvalue weighted by Crippen LogP contribution is 2.33. The molecule has 5 nitrogen and oxygen atoms in total. The highest BCUT2D eigenvalue weighted by molar-refractivity contribution is 6.05. The number of likely N-dealkylation sites (tertiary alicyclic amines) is 1. The van der Waals surface area contributed by atoms with Gasteiger partial charge in [0.05, 0.1) is 11.1 Å². The van der Waals surface area contributed by atoms with Crippen LogP contribution >= 0.6 is 0 Å². The number of phenolic OH excluding ortho intramolecular Hbond substituents is 1. The summed E-state index contributed by atoms with van der Waals surface area (Å²) in [6.07, 6.45) is -3.91. The van der Waals surface area contributed by atoms with Crippen molar-refractivity contribution in [3.8, 4) is 5.75 Å². The molecule has 1 unspecified atom stereocenters. The Labute approximate surface area is 186 Å². The van der Waals surface area contributed by atoms with Gasteiger partial charge in [0, 0.05) is 18.5 Å². The Hall–Kier alpha value is -3.62. The van der Waals surface area contributed by atoms with Gasteiger partial charge < -0.3 is 15.3 Å². The average Bonchev–Trinajstić information content (AvgIpc) is 3.27. The lowest BCUT2D eigenvalue weighted by Gasteiger charge is -2.25. The van der Waals surface area contributed by atoms with Gasteiger partial charge in [-0.05, 0) is 42.0 Å². The lowest BCUT2D eigenvalue weighted by molar-refractivity contribution is -0.138. The number of hydrogen-bond donors (Lipinski definition) is 2. The zero-order valence-corrected chi connectivity index (χ0v) is 17.3. The van der Waals surface area contributed by atoms with E-state index in [1.165, 1.54) is 11.0 Å². The van der Waals surface area contributed by atoms with E-state index in [1.807, 2.05) is 0 Å². The largest absolute Gasteiger partial charge is 0.506 e. The molecule has 3 aromatic rings. The first-order valence-corrected chi connectivity index (χ1v) is 10.3. The molecule has 0 spiro atoms. The van der Waals surface area contributed by atoms with Crippen LogP contribution in [0.4, 0.5) is 17.6 Å². The van der Waals surface area contributed by atoms with Crippen LogP contribution in [0.3, 0.4) is 0 Å². The number of aromatic hydroxyl groups is 1. The Morgan fingerprint density at radius 1 is 1.09 bits per heavy atom. The van der Waals surface area contributed by atoms with Crippen LogP contribution in [0.5, 0.6) is 5.75 Å². The Balaban J connectivity index is 1.52. The van der Waals surface area contributed by atoms with Crippen LogP contribution < -0.4 is 5.32 Å². The van der Waals surface area contributed by atoms with Crippen LogP contribution in [-0.4, -0.2) is 34.4 Å². The van der Waals surface area contributed by atoms with E-state index in [0.717, 1.165) is 17.5 Å². The van der Waals surface area contributed by atoms with Crippen molar-refractivity contribution < 1.29 is 32.3 Å². The van der Waals surface area contributed by atoms with Crippen molar-refractivity contribution >= 4 is 22.6 Å². The molecule has 2 amide bonds. The van der Waals surface area contributed by atoms with Gasteiger partial charge in [-0.15, -0.1) is 0 Å². The molecule has 0 saturated carbocycles. The summed E-state index contributed by atoms with van der Waals surface area (Å²) in [7, 11) is 0. The van der Waals surface area contributed by atoms with Crippen LogP contribution in [0.25, 0.3) is 10.8 Å². The van der Waals surface area contributed by atoms with Crippen molar-refractivity contribution in [3.63, 3.8) is 0 Å². The normalized spacial score (nSPS) is 16.2. The van der Waals surface area contributed by atoms with Crippen LogP contribution in [0.15, 0.2) is 54.6 Å². The van der Waals surface area contributed by atoms with Gasteiger partial charge in [0.2, 0.25) is 5.91 Å². The fourth-order valence-electron chi connectivity index (χ4n) is 4.13. The fourth-order valence-corrected chi connectivity index (χ4v) is 4.13. The van der Waals surface area contributed by atoms with Crippen LogP contribution in [-0.2, 0) is 17.5 Å². The number of nitrogens with one attached hydrogen (secondary N) is 1. The molecule has 9 heteroatoms. The highest BCUT2D eigenvalue weighted by Gasteiger charge is 2.37. The van der Waals surface area contributed by atoms with Crippen molar-refractivity contribution in [2.24, 2.45) is 0 Å². The second kappa shape index (κ2) is 8.73. The van der Waals surface area contributed by atoms with Gasteiger partial charge in [-0.3, -0.25) is 9.59 Å². The molecule has 1 atom stereocenters. The molecular weight excluding hydrogens is 440 g/mol. The molecule has 0 aliphatic carbocycles. The number of carbonyl (C=O) groups is 2. The number of amides is 2. The maximum Gasteiger partial charge on any atom is 0.416 e. The first kappa shape index (κ1) is 22.6. The SMILES string of the molecule is O=C(NCc1ccc(F)cc1C(F)(F)F)C1CCCN1C(=O)c1ccc2ccccc2c1O. The van der Waals surface area contributed by atoms with Crippen molar-refractivity contribution in [2.45, 2.75) is 31.6 Å². The molecule has 3 aromatic carbocycles. The Kier molecular flexibility index (Phi) is 5.97. The predicted molar refractivity (Wildman–Crippen MR) is 113 cm³/mol. The third kappa shape index (κ3) is 4.48. The van der Waals surface area contributed by atoms with Crippen LogP contribution in [0.1, 0.15) is 34.3 Å². The molecule has 4 rings (SSSR count). The molecule has 1 aliphatic heterocycles. The lowest BCUT2D eigenvalue weighted by atomic mass is 10.0. The summed E-state index contributed by atoms with van der Waals surface area (Å²) < 4.78 is 52.9. The van der Waals surface area contributed by atoms with Gasteiger partial charge in [-0.2, -0.15) is 13.2 Å². The number of rotatable bonds is 4. The van der Waals surface area contributed by atoms with Crippen molar-refractivity contribution in [3.05, 3.63) is 77.1 Å². The van der Waals surface area contributed by atoms with Gasteiger partial charge in [-0.25, -0.2) is 4.39 Å². The average molecular weight is 460 g/mol. The third-order valence-corrected chi connectivity index (χ3v) is 5.78. The van der Waals surface area contributed by atoms with Crippen LogP contribution in [0, 0.1) is 5.82 Å². The molecule has 2 N–H and O–H groups in total. The summed E-state index contributed by atoms with van der Waals surface area (Å²) in [5, 5.41) is 14.3.